The fourth-order valence-electron chi connectivity index (χ4n) is 2.52. The molecule has 4 nitrogen and oxygen atoms in total. The van der Waals surface area contributed by atoms with E-state index in [-0.39, 0.29) is 5.91 Å². The summed E-state index contributed by atoms with van der Waals surface area (Å²) in [6, 6.07) is 22.7. The van der Waals surface area contributed by atoms with Crippen LogP contribution in [0.5, 0.6) is 5.75 Å². The fourth-order valence-corrected chi connectivity index (χ4v) is 2.52. The summed E-state index contributed by atoms with van der Waals surface area (Å²) in [6.07, 6.45) is 0. The van der Waals surface area contributed by atoms with Gasteiger partial charge in [0.05, 0.1) is 24.0 Å². The predicted octanol–water partition coefficient (Wildman–Crippen LogP) is 5.00. The van der Waals surface area contributed by atoms with E-state index in [0.717, 1.165) is 28.4 Å². The lowest BCUT2D eigenvalue weighted by Crippen LogP contribution is -2.14. The van der Waals surface area contributed by atoms with E-state index in [0.29, 0.717) is 5.56 Å². The smallest absolute Gasteiger partial charge is 0.257 e. The first-order valence-corrected chi connectivity index (χ1v) is 8.04. The second-order valence-electron chi connectivity index (χ2n) is 5.69. The molecule has 1 amide bonds. The number of rotatable bonds is 5. The lowest BCUT2D eigenvalue weighted by molar-refractivity contribution is 0.102. The minimum atomic E-state index is -0.165. The number of amides is 1. The van der Waals surface area contributed by atoms with E-state index in [4.69, 9.17) is 4.74 Å². The van der Waals surface area contributed by atoms with Crippen molar-refractivity contribution in [2.24, 2.45) is 0 Å². The van der Waals surface area contributed by atoms with E-state index in [9.17, 15) is 4.79 Å². The molecule has 0 heterocycles. The van der Waals surface area contributed by atoms with Crippen molar-refractivity contribution in [1.82, 2.24) is 0 Å². The highest BCUT2D eigenvalue weighted by atomic mass is 16.5. The second-order valence-corrected chi connectivity index (χ2v) is 5.69. The van der Waals surface area contributed by atoms with E-state index < -0.39 is 0 Å². The molecule has 0 fully saturated rings. The SMILES string of the molecule is COc1ccccc1Nc1ccccc1C(=O)Nc1ccc(C)cc1. The maximum atomic E-state index is 12.7. The summed E-state index contributed by atoms with van der Waals surface area (Å²) >= 11 is 0. The van der Waals surface area contributed by atoms with Gasteiger partial charge in [-0.15, -0.1) is 0 Å². The predicted molar refractivity (Wildman–Crippen MR) is 102 cm³/mol. The fraction of sp³-hybridized carbons (Fsp3) is 0.0952. The molecule has 0 spiro atoms. The molecule has 0 radical (unpaired) electrons. The third-order valence-electron chi connectivity index (χ3n) is 3.86. The molecule has 0 unspecified atom stereocenters. The number of nitrogens with one attached hydrogen (secondary N) is 2. The van der Waals surface area contributed by atoms with Gasteiger partial charge in [0.25, 0.3) is 5.91 Å². The Balaban J connectivity index is 1.85. The first kappa shape index (κ1) is 16.6. The molecular formula is C21H20N2O2. The number of anilines is 3. The molecule has 0 saturated heterocycles. The van der Waals surface area contributed by atoms with Crippen LogP contribution in [0, 0.1) is 6.92 Å². The van der Waals surface area contributed by atoms with E-state index in [2.05, 4.69) is 10.6 Å². The van der Waals surface area contributed by atoms with Crippen molar-refractivity contribution in [2.75, 3.05) is 17.7 Å². The monoisotopic (exact) mass is 332 g/mol. The number of aryl methyl sites for hydroxylation is 1. The molecule has 0 aliphatic carbocycles. The number of carbonyl (C=O) groups excluding carboxylic acids is 1. The second kappa shape index (κ2) is 7.53. The molecule has 0 saturated carbocycles. The molecule has 0 aliphatic heterocycles. The molecular weight excluding hydrogens is 312 g/mol. The summed E-state index contributed by atoms with van der Waals surface area (Å²) in [5, 5.41) is 6.21. The minimum Gasteiger partial charge on any atom is -0.495 e. The molecule has 0 bridgehead atoms. The van der Waals surface area contributed by atoms with Crippen LogP contribution in [0.2, 0.25) is 0 Å². The van der Waals surface area contributed by atoms with Gasteiger partial charge in [-0.05, 0) is 43.3 Å². The van der Waals surface area contributed by atoms with E-state index in [1.165, 1.54) is 0 Å². The normalized spacial score (nSPS) is 10.2. The van der Waals surface area contributed by atoms with E-state index in [1.54, 1.807) is 13.2 Å². The molecule has 25 heavy (non-hydrogen) atoms. The number of hydrogen-bond acceptors (Lipinski definition) is 3. The van der Waals surface area contributed by atoms with Crippen LogP contribution < -0.4 is 15.4 Å². The number of benzene rings is 3. The van der Waals surface area contributed by atoms with Gasteiger partial charge in [-0.2, -0.15) is 0 Å². The van der Waals surface area contributed by atoms with Crippen LogP contribution >= 0.6 is 0 Å². The Labute approximate surface area is 147 Å². The number of methoxy groups -OCH3 is 1. The molecule has 3 aromatic carbocycles. The third kappa shape index (κ3) is 3.98. The van der Waals surface area contributed by atoms with Gasteiger partial charge >= 0.3 is 0 Å². The number of hydrogen-bond donors (Lipinski definition) is 2. The summed E-state index contributed by atoms with van der Waals surface area (Å²) in [7, 11) is 1.62. The number of para-hydroxylation sites is 3. The first-order valence-electron chi connectivity index (χ1n) is 8.04. The molecule has 2 N–H and O–H groups in total. The van der Waals surface area contributed by atoms with E-state index >= 15 is 0 Å². The largest absolute Gasteiger partial charge is 0.495 e. The van der Waals surface area contributed by atoms with Crippen molar-refractivity contribution < 1.29 is 9.53 Å². The topological polar surface area (TPSA) is 50.4 Å². The molecule has 126 valence electrons. The van der Waals surface area contributed by atoms with Crippen LogP contribution in [0.15, 0.2) is 72.8 Å². The summed E-state index contributed by atoms with van der Waals surface area (Å²) in [5.41, 5.74) is 4.00. The van der Waals surface area contributed by atoms with Gasteiger partial charge in [0.2, 0.25) is 0 Å². The molecule has 0 aromatic heterocycles. The molecule has 4 heteroatoms. The summed E-state index contributed by atoms with van der Waals surface area (Å²) in [5.74, 6) is 0.554. The molecule has 0 atom stereocenters. The summed E-state index contributed by atoms with van der Waals surface area (Å²) in [4.78, 5) is 12.7. The average molecular weight is 332 g/mol. The van der Waals surface area contributed by atoms with Crippen molar-refractivity contribution >= 4 is 23.0 Å². The summed E-state index contributed by atoms with van der Waals surface area (Å²) < 4.78 is 5.36. The molecule has 0 aliphatic rings. The average Bonchev–Trinajstić information content (AvgIpc) is 2.64. The van der Waals surface area contributed by atoms with Crippen LogP contribution in [-0.2, 0) is 0 Å². The van der Waals surface area contributed by atoms with Gasteiger partial charge in [0, 0.05) is 5.69 Å². The van der Waals surface area contributed by atoms with Crippen molar-refractivity contribution in [1.29, 1.82) is 0 Å². The zero-order chi connectivity index (χ0) is 17.6. The lowest BCUT2D eigenvalue weighted by atomic mass is 10.1. The van der Waals surface area contributed by atoms with Crippen molar-refractivity contribution in [3.63, 3.8) is 0 Å². The Kier molecular flexibility index (Phi) is 5.00. The first-order chi connectivity index (χ1) is 12.2. The molecule has 3 aromatic rings. The van der Waals surface area contributed by atoms with Gasteiger partial charge in [-0.3, -0.25) is 4.79 Å². The van der Waals surface area contributed by atoms with E-state index in [1.807, 2.05) is 73.7 Å². The Bertz CT molecular complexity index is 873. The highest BCUT2D eigenvalue weighted by Crippen LogP contribution is 2.29. The van der Waals surface area contributed by atoms with Crippen molar-refractivity contribution in [3.05, 3.63) is 83.9 Å². The van der Waals surface area contributed by atoms with Crippen LogP contribution in [0.3, 0.4) is 0 Å². The standard InChI is InChI=1S/C21H20N2O2/c1-15-11-13-16(14-12-15)22-21(24)17-7-3-4-8-18(17)23-19-9-5-6-10-20(19)25-2/h3-14,23H,1-2H3,(H,22,24). The zero-order valence-electron chi connectivity index (χ0n) is 14.2. The highest BCUT2D eigenvalue weighted by Gasteiger charge is 2.12. The quantitative estimate of drug-likeness (QED) is 0.691. The van der Waals surface area contributed by atoms with Gasteiger partial charge in [-0.25, -0.2) is 0 Å². The number of carbonyl (C=O) groups is 1. The van der Waals surface area contributed by atoms with Crippen molar-refractivity contribution in [3.8, 4) is 5.75 Å². The highest BCUT2D eigenvalue weighted by molar-refractivity contribution is 6.08. The zero-order valence-corrected chi connectivity index (χ0v) is 14.2. The van der Waals surface area contributed by atoms with Gasteiger partial charge in [0.1, 0.15) is 5.75 Å². The Morgan fingerprint density at radius 2 is 1.48 bits per heavy atom. The van der Waals surface area contributed by atoms with Crippen LogP contribution in [0.4, 0.5) is 17.1 Å². The van der Waals surface area contributed by atoms with Crippen molar-refractivity contribution in [2.45, 2.75) is 6.92 Å². The molecule has 3 rings (SSSR count). The van der Waals surface area contributed by atoms with Gasteiger partial charge in [0.15, 0.2) is 0 Å². The summed E-state index contributed by atoms with van der Waals surface area (Å²) in [6.45, 7) is 2.01. The lowest BCUT2D eigenvalue weighted by Gasteiger charge is -2.14. The Morgan fingerprint density at radius 1 is 0.840 bits per heavy atom. The number of ether oxygens (including phenoxy) is 1. The van der Waals surface area contributed by atoms with Crippen LogP contribution in [0.25, 0.3) is 0 Å². The van der Waals surface area contributed by atoms with Gasteiger partial charge < -0.3 is 15.4 Å². The van der Waals surface area contributed by atoms with Crippen LogP contribution in [0.1, 0.15) is 15.9 Å². The maximum Gasteiger partial charge on any atom is 0.257 e. The van der Waals surface area contributed by atoms with Gasteiger partial charge in [-0.1, -0.05) is 42.0 Å². The minimum absolute atomic E-state index is 0.165. The Morgan fingerprint density at radius 3 is 2.20 bits per heavy atom. The third-order valence-corrected chi connectivity index (χ3v) is 3.86. The maximum absolute atomic E-state index is 12.7. The van der Waals surface area contributed by atoms with Crippen LogP contribution in [-0.4, -0.2) is 13.0 Å². The Hall–Kier alpha value is -3.27.